The molecule has 0 spiro atoms. The molecule has 0 aromatic heterocycles. The van der Waals surface area contributed by atoms with Crippen LogP contribution in [0.4, 0.5) is 8.78 Å². The van der Waals surface area contributed by atoms with Gasteiger partial charge in [-0.15, -0.1) is 0 Å². The van der Waals surface area contributed by atoms with Crippen molar-refractivity contribution in [3.63, 3.8) is 0 Å². The van der Waals surface area contributed by atoms with Gasteiger partial charge in [-0.2, -0.15) is 10.5 Å². The van der Waals surface area contributed by atoms with E-state index in [0.29, 0.717) is 5.41 Å². The molecule has 140 valence electrons. The van der Waals surface area contributed by atoms with Crippen molar-refractivity contribution in [2.45, 2.75) is 6.92 Å². The molecule has 0 aliphatic heterocycles. The molecule has 2 aromatic rings. The third-order valence-corrected chi connectivity index (χ3v) is 5.01. The van der Waals surface area contributed by atoms with Crippen molar-refractivity contribution >= 4 is 26.6 Å². The molecule has 5 nitrogen and oxygen atoms in total. The van der Waals surface area contributed by atoms with E-state index in [2.05, 4.69) is 0 Å². The van der Waals surface area contributed by atoms with E-state index in [1.165, 1.54) is 18.2 Å². The number of benzene rings is 2. The summed E-state index contributed by atoms with van der Waals surface area (Å²) in [5.74, 6) is -2.44. The molecule has 0 saturated heterocycles. The average molecular weight is 398 g/mol. The maximum Gasteiger partial charge on any atom is 0.200 e. The van der Waals surface area contributed by atoms with Crippen molar-refractivity contribution in [2.24, 2.45) is 0 Å². The average Bonchev–Trinajstić information content (AvgIpc) is 2.65. The van der Waals surface area contributed by atoms with Crippen LogP contribution >= 0.6 is 0 Å². The van der Waals surface area contributed by atoms with Crippen LogP contribution in [0.1, 0.15) is 29.2 Å². The van der Waals surface area contributed by atoms with Crippen molar-refractivity contribution in [1.82, 2.24) is 0 Å². The Morgan fingerprint density at radius 2 is 1.57 bits per heavy atom. The highest BCUT2D eigenvalue weighted by atomic mass is 32.2. The number of carbonyl (C=O) groups excluding carboxylic acids is 1. The third kappa shape index (κ3) is 4.76. The Hall–Kier alpha value is -3.62. The number of ketones is 1. The standard InChI is InChI=1S/C20H12F2N2O3S/c1-13(25)8-20(17-5-3-15(12-24)10-19(17)22)28(26,27)7-6-16-4-2-14(11-23)9-18(16)21/h2-10H,1H3/b7-6?,20-8+. The molecule has 0 saturated carbocycles. The first-order valence-corrected chi connectivity index (χ1v) is 9.27. The Morgan fingerprint density at radius 1 is 1.00 bits per heavy atom. The lowest BCUT2D eigenvalue weighted by Crippen LogP contribution is -2.04. The molecular weight excluding hydrogens is 386 g/mol. The van der Waals surface area contributed by atoms with E-state index in [0.717, 1.165) is 37.3 Å². The van der Waals surface area contributed by atoms with Gasteiger partial charge in [-0.25, -0.2) is 17.2 Å². The molecule has 0 bridgehead atoms. The van der Waals surface area contributed by atoms with E-state index in [1.807, 2.05) is 0 Å². The van der Waals surface area contributed by atoms with Crippen molar-refractivity contribution in [3.05, 3.63) is 81.8 Å². The van der Waals surface area contributed by atoms with Crippen molar-refractivity contribution in [3.8, 4) is 12.1 Å². The number of hydrogen-bond donors (Lipinski definition) is 0. The highest BCUT2D eigenvalue weighted by Gasteiger charge is 2.21. The smallest absolute Gasteiger partial charge is 0.200 e. The molecule has 0 N–H and O–H groups in total. The first kappa shape index (κ1) is 20.7. The number of halogens is 2. The Bertz CT molecular complexity index is 1200. The SMILES string of the molecule is CC(=O)/C=C(\c1ccc(C#N)cc1F)S(=O)(=O)C=Cc1ccc(C#N)cc1F. The second-order valence-corrected chi connectivity index (χ2v) is 7.42. The quantitative estimate of drug-likeness (QED) is 0.715. The van der Waals surface area contributed by atoms with Gasteiger partial charge in [0.1, 0.15) is 11.6 Å². The summed E-state index contributed by atoms with van der Waals surface area (Å²) < 4.78 is 53.6. The minimum Gasteiger partial charge on any atom is -0.295 e. The van der Waals surface area contributed by atoms with Gasteiger partial charge in [0.25, 0.3) is 0 Å². The van der Waals surface area contributed by atoms with Crippen LogP contribution in [-0.4, -0.2) is 14.2 Å². The number of sulfone groups is 1. The number of carbonyl (C=O) groups is 1. The van der Waals surface area contributed by atoms with Crippen LogP contribution in [-0.2, 0) is 14.6 Å². The fourth-order valence-electron chi connectivity index (χ4n) is 2.25. The summed E-state index contributed by atoms with van der Waals surface area (Å²) in [6.45, 7) is 1.10. The summed E-state index contributed by atoms with van der Waals surface area (Å²) in [6.07, 6.45) is 1.70. The third-order valence-electron chi connectivity index (χ3n) is 3.56. The van der Waals surface area contributed by atoms with Crippen molar-refractivity contribution in [2.75, 3.05) is 0 Å². The van der Waals surface area contributed by atoms with Gasteiger partial charge in [0, 0.05) is 22.6 Å². The molecule has 0 radical (unpaired) electrons. The van der Waals surface area contributed by atoms with E-state index in [1.54, 1.807) is 12.1 Å². The van der Waals surface area contributed by atoms with Crippen molar-refractivity contribution < 1.29 is 22.0 Å². The van der Waals surface area contributed by atoms with Crippen LogP contribution < -0.4 is 0 Å². The summed E-state index contributed by atoms with van der Waals surface area (Å²) in [4.78, 5) is 10.9. The van der Waals surface area contributed by atoms with E-state index < -0.39 is 32.2 Å². The van der Waals surface area contributed by atoms with E-state index in [9.17, 15) is 22.0 Å². The molecule has 0 amide bonds. The van der Waals surface area contributed by atoms with Gasteiger partial charge < -0.3 is 0 Å². The first-order chi connectivity index (χ1) is 13.2. The number of rotatable bonds is 5. The second-order valence-electron chi connectivity index (χ2n) is 5.62. The van der Waals surface area contributed by atoms with Gasteiger partial charge in [0.15, 0.2) is 5.78 Å². The summed E-state index contributed by atoms with van der Waals surface area (Å²) in [7, 11) is -4.34. The maximum absolute atomic E-state index is 14.3. The lowest BCUT2D eigenvalue weighted by molar-refractivity contribution is -0.112. The minimum absolute atomic E-state index is 0.0176. The molecule has 0 heterocycles. The summed E-state index contributed by atoms with van der Waals surface area (Å²) in [5, 5.41) is 18.2. The summed E-state index contributed by atoms with van der Waals surface area (Å²) in [6, 6.07) is 10.1. The zero-order chi connectivity index (χ0) is 20.9. The van der Waals surface area contributed by atoms with Gasteiger partial charge in [-0.1, -0.05) is 6.07 Å². The van der Waals surface area contributed by atoms with Gasteiger partial charge >= 0.3 is 0 Å². The van der Waals surface area contributed by atoms with Crippen LogP contribution in [0.5, 0.6) is 0 Å². The van der Waals surface area contributed by atoms with E-state index in [-0.39, 0.29) is 22.3 Å². The van der Waals surface area contributed by atoms with Gasteiger partial charge in [-0.3, -0.25) is 4.79 Å². The maximum atomic E-state index is 14.3. The summed E-state index contributed by atoms with van der Waals surface area (Å²) in [5.41, 5.74) is -0.449. The summed E-state index contributed by atoms with van der Waals surface area (Å²) >= 11 is 0. The van der Waals surface area contributed by atoms with Gasteiger partial charge in [0.05, 0.1) is 28.2 Å². The first-order valence-electron chi connectivity index (χ1n) is 7.73. The Morgan fingerprint density at radius 3 is 2.07 bits per heavy atom. The number of hydrogen-bond acceptors (Lipinski definition) is 5. The molecule has 2 aromatic carbocycles. The van der Waals surface area contributed by atoms with Crippen LogP contribution in [0.3, 0.4) is 0 Å². The van der Waals surface area contributed by atoms with Crippen LogP contribution in [0.15, 0.2) is 47.9 Å². The molecule has 0 aliphatic rings. The fourth-order valence-corrected chi connectivity index (χ4v) is 3.52. The largest absolute Gasteiger partial charge is 0.295 e. The zero-order valence-corrected chi connectivity index (χ0v) is 15.3. The molecule has 0 aliphatic carbocycles. The molecular formula is C20H12F2N2O3S. The molecule has 2 rings (SSSR count). The molecule has 0 unspecified atom stereocenters. The predicted octanol–water partition coefficient (Wildman–Crippen LogP) is 3.72. The topological polar surface area (TPSA) is 98.8 Å². The minimum atomic E-state index is -4.34. The number of nitriles is 2. The van der Waals surface area contributed by atoms with E-state index >= 15 is 0 Å². The Labute approximate surface area is 160 Å². The highest BCUT2D eigenvalue weighted by molar-refractivity contribution is 8.03. The Kier molecular flexibility index (Phi) is 6.19. The van der Waals surface area contributed by atoms with Crippen LogP contribution in [0.25, 0.3) is 11.0 Å². The molecule has 28 heavy (non-hydrogen) atoms. The highest BCUT2D eigenvalue weighted by Crippen LogP contribution is 2.27. The van der Waals surface area contributed by atoms with Crippen LogP contribution in [0, 0.1) is 34.3 Å². The Balaban J connectivity index is 2.54. The van der Waals surface area contributed by atoms with Gasteiger partial charge in [-0.05, 0) is 43.3 Å². The van der Waals surface area contributed by atoms with Gasteiger partial charge in [0.2, 0.25) is 9.84 Å². The monoisotopic (exact) mass is 398 g/mol. The lowest BCUT2D eigenvalue weighted by atomic mass is 10.1. The van der Waals surface area contributed by atoms with E-state index in [4.69, 9.17) is 10.5 Å². The molecule has 0 atom stereocenters. The number of allylic oxidation sites excluding steroid dienone is 1. The normalized spacial score (nSPS) is 11.8. The van der Waals surface area contributed by atoms with Crippen molar-refractivity contribution in [1.29, 1.82) is 10.5 Å². The predicted molar refractivity (Wildman–Crippen MR) is 98.8 cm³/mol. The number of nitrogens with zero attached hydrogens (tertiary/aromatic N) is 2. The molecule has 0 fully saturated rings. The lowest BCUT2D eigenvalue weighted by Gasteiger charge is -2.08. The van der Waals surface area contributed by atoms with Crippen LogP contribution in [0.2, 0.25) is 0 Å². The molecule has 8 heteroatoms. The fraction of sp³-hybridized carbons (Fsp3) is 0.0500. The zero-order valence-electron chi connectivity index (χ0n) is 14.5. The second kappa shape index (κ2) is 8.38.